The van der Waals surface area contributed by atoms with Crippen LogP contribution >= 0.6 is 0 Å². The highest BCUT2D eigenvalue weighted by Crippen LogP contribution is 2.29. The molecule has 0 aliphatic heterocycles. The molecule has 1 aliphatic carbocycles. The number of allylic oxidation sites excluding steroid dienone is 4. The molecule has 0 aromatic heterocycles. The van der Waals surface area contributed by atoms with Crippen LogP contribution in [0.3, 0.4) is 0 Å². The van der Waals surface area contributed by atoms with Gasteiger partial charge in [0.25, 0.3) is 0 Å². The molecule has 0 radical (unpaired) electrons. The fraction of sp³-hybridized carbons (Fsp3) is 0.261. The lowest BCUT2D eigenvalue weighted by Gasteiger charge is -2.13. The number of hydrogen-bond acceptors (Lipinski definition) is 5. The molecular weight excluding hydrogens is 441 g/mol. The lowest BCUT2D eigenvalue weighted by Crippen LogP contribution is -2.30. The highest BCUT2D eigenvalue weighted by Gasteiger charge is 2.39. The van der Waals surface area contributed by atoms with Crippen molar-refractivity contribution in [2.24, 2.45) is 0 Å². The maximum atomic E-state index is 12.2. The predicted molar refractivity (Wildman–Crippen MR) is 119 cm³/mol. The molecule has 7 nitrogen and oxygen atoms in total. The summed E-state index contributed by atoms with van der Waals surface area (Å²) in [6.07, 6.45) is 0.352. The van der Waals surface area contributed by atoms with Gasteiger partial charge in [0.05, 0.1) is 27.0 Å². The number of methoxy groups -OCH3 is 3. The molecule has 2 rings (SSSR count). The lowest BCUT2D eigenvalue weighted by molar-refractivity contribution is -0.167. The molecule has 1 aromatic rings. The van der Waals surface area contributed by atoms with Crippen LogP contribution in [0.2, 0.25) is 0 Å². The summed E-state index contributed by atoms with van der Waals surface area (Å²) >= 11 is 0. The Morgan fingerprint density at radius 3 is 2.24 bits per heavy atom. The average molecular weight is 466 g/mol. The van der Waals surface area contributed by atoms with Crippen LogP contribution < -0.4 is 15.4 Å². The number of nitrogens with one attached hydrogen (secondary N) is 2. The van der Waals surface area contributed by atoms with E-state index in [9.17, 15) is 22.8 Å². The molecule has 0 saturated carbocycles. The summed E-state index contributed by atoms with van der Waals surface area (Å²) in [7, 11) is 4.49. The van der Waals surface area contributed by atoms with Crippen LogP contribution in [0.5, 0.6) is 5.75 Å². The molecule has 1 aromatic carbocycles. The standard InChI is InChI=1S/C12H14O2.C11H11F3N2O3/c1-5-11-9(2)6-7-10(13-3)8-12(11)14-4;1-6(17)15-7-3-4-9(19-2)8(5-7)16-10(18)11(12,13)14/h5,7-8H,1H2,2-4H3;3-5H,1-2H3,(H,15,17)(H,16,18). The largest absolute Gasteiger partial charge is 0.496 e. The van der Waals surface area contributed by atoms with Crippen LogP contribution in [0.25, 0.3) is 0 Å². The normalized spacial score (nSPS) is 12.8. The van der Waals surface area contributed by atoms with Gasteiger partial charge >= 0.3 is 12.1 Å². The second kappa shape index (κ2) is 12.2. The number of benzene rings is 1. The van der Waals surface area contributed by atoms with Crippen molar-refractivity contribution in [3.63, 3.8) is 0 Å². The second-order valence-corrected chi connectivity index (χ2v) is 6.40. The zero-order valence-corrected chi connectivity index (χ0v) is 18.8. The molecule has 0 spiro atoms. The van der Waals surface area contributed by atoms with Crippen LogP contribution in [-0.2, 0) is 19.1 Å². The molecule has 0 fully saturated rings. The number of carbonyl (C=O) groups excluding carboxylic acids is 2. The van der Waals surface area contributed by atoms with Crippen molar-refractivity contribution in [1.29, 1.82) is 0 Å². The van der Waals surface area contributed by atoms with Gasteiger partial charge in [0.2, 0.25) is 5.91 Å². The second-order valence-electron chi connectivity index (χ2n) is 6.40. The van der Waals surface area contributed by atoms with Gasteiger partial charge in [0.15, 0.2) is 0 Å². The molecule has 0 heterocycles. The minimum atomic E-state index is -5.00. The van der Waals surface area contributed by atoms with Crippen LogP contribution in [0, 0.1) is 0 Å². The van der Waals surface area contributed by atoms with E-state index in [2.05, 4.69) is 17.6 Å². The highest BCUT2D eigenvalue weighted by atomic mass is 19.4. The van der Waals surface area contributed by atoms with Crippen LogP contribution in [0.1, 0.15) is 13.8 Å². The first-order valence-corrected chi connectivity index (χ1v) is 9.40. The summed E-state index contributed by atoms with van der Waals surface area (Å²) in [4.78, 5) is 21.7. The number of rotatable bonds is 6. The van der Waals surface area contributed by atoms with E-state index in [0.717, 1.165) is 22.7 Å². The number of ether oxygens (including phenoxy) is 3. The van der Waals surface area contributed by atoms with Gasteiger partial charge in [-0.25, -0.2) is 0 Å². The van der Waals surface area contributed by atoms with Crippen molar-refractivity contribution in [3.8, 4) is 5.75 Å². The average Bonchev–Trinajstić information content (AvgIpc) is 2.91. The summed E-state index contributed by atoms with van der Waals surface area (Å²) in [6.45, 7) is 6.95. The zero-order chi connectivity index (χ0) is 25.2. The van der Waals surface area contributed by atoms with Crippen molar-refractivity contribution in [3.05, 3.63) is 71.4 Å². The number of amides is 2. The van der Waals surface area contributed by atoms with Crippen molar-refractivity contribution in [2.75, 3.05) is 32.0 Å². The van der Waals surface area contributed by atoms with E-state index in [1.807, 2.05) is 13.0 Å². The third-order valence-corrected chi connectivity index (χ3v) is 4.06. The fourth-order valence-electron chi connectivity index (χ4n) is 2.51. The maximum absolute atomic E-state index is 12.2. The van der Waals surface area contributed by atoms with Gasteiger partial charge in [0.1, 0.15) is 17.3 Å². The number of alkyl halides is 3. The maximum Gasteiger partial charge on any atom is 0.471 e. The van der Waals surface area contributed by atoms with E-state index in [1.165, 1.54) is 32.2 Å². The van der Waals surface area contributed by atoms with Gasteiger partial charge < -0.3 is 24.8 Å². The van der Waals surface area contributed by atoms with Crippen LogP contribution in [0.15, 0.2) is 71.4 Å². The Morgan fingerprint density at radius 2 is 1.76 bits per heavy atom. The zero-order valence-electron chi connectivity index (χ0n) is 18.8. The third kappa shape index (κ3) is 8.27. The Hall–Kier alpha value is -3.91. The molecular formula is C23H25F3N2O5. The van der Waals surface area contributed by atoms with Gasteiger partial charge in [0, 0.05) is 35.9 Å². The number of hydrogen-bond donors (Lipinski definition) is 2. The molecule has 33 heavy (non-hydrogen) atoms. The molecule has 0 bridgehead atoms. The minimum absolute atomic E-state index is 0.0479. The molecule has 178 valence electrons. The summed E-state index contributed by atoms with van der Waals surface area (Å²) in [5.41, 5.74) is 5.08. The first-order chi connectivity index (χ1) is 15.5. The van der Waals surface area contributed by atoms with Gasteiger partial charge in [-0.15, -0.1) is 5.73 Å². The Kier molecular flexibility index (Phi) is 10.0. The van der Waals surface area contributed by atoms with Gasteiger partial charge in [-0.1, -0.05) is 12.7 Å². The number of carbonyl (C=O) groups is 2. The van der Waals surface area contributed by atoms with Crippen LogP contribution in [-0.4, -0.2) is 39.3 Å². The van der Waals surface area contributed by atoms with E-state index >= 15 is 0 Å². The van der Waals surface area contributed by atoms with E-state index in [0.29, 0.717) is 0 Å². The van der Waals surface area contributed by atoms with E-state index in [1.54, 1.807) is 31.7 Å². The number of halogens is 3. The summed E-state index contributed by atoms with van der Waals surface area (Å²) < 4.78 is 51.7. The summed E-state index contributed by atoms with van der Waals surface area (Å²) in [6, 6.07) is 3.94. The Morgan fingerprint density at radius 1 is 1.09 bits per heavy atom. The van der Waals surface area contributed by atoms with E-state index in [-0.39, 0.29) is 17.1 Å². The van der Waals surface area contributed by atoms with Gasteiger partial charge in [-0.05, 0) is 25.1 Å². The van der Waals surface area contributed by atoms with Crippen molar-refractivity contribution in [2.45, 2.75) is 20.0 Å². The number of anilines is 2. The molecule has 0 atom stereocenters. The monoisotopic (exact) mass is 466 g/mol. The quantitative estimate of drug-likeness (QED) is 0.584. The smallest absolute Gasteiger partial charge is 0.471 e. The minimum Gasteiger partial charge on any atom is -0.496 e. The Bertz CT molecular complexity index is 1030. The van der Waals surface area contributed by atoms with Crippen molar-refractivity contribution >= 4 is 23.2 Å². The molecule has 2 N–H and O–H groups in total. The van der Waals surface area contributed by atoms with Gasteiger partial charge in [-0.2, -0.15) is 13.2 Å². The Labute approximate surface area is 189 Å². The first kappa shape index (κ1) is 27.1. The SMILES string of the molecule is C=CC1=C(OC)C=C(OC)C=C=C1C.COc1ccc(NC(C)=O)cc1NC(=O)C(F)(F)F. The summed E-state index contributed by atoms with van der Waals surface area (Å²) in [5.74, 6) is -0.996. The topological polar surface area (TPSA) is 85.9 Å². The van der Waals surface area contributed by atoms with E-state index < -0.39 is 18.0 Å². The van der Waals surface area contributed by atoms with Crippen molar-refractivity contribution in [1.82, 2.24) is 0 Å². The molecule has 2 amide bonds. The van der Waals surface area contributed by atoms with E-state index in [4.69, 9.17) is 14.2 Å². The molecule has 0 unspecified atom stereocenters. The highest BCUT2D eigenvalue weighted by molar-refractivity contribution is 5.97. The predicted octanol–water partition coefficient (Wildman–Crippen LogP) is 4.87. The molecule has 10 heteroatoms. The Balaban J connectivity index is 0.000000346. The van der Waals surface area contributed by atoms with Gasteiger partial charge in [-0.3, -0.25) is 9.59 Å². The molecule has 1 aliphatic rings. The lowest BCUT2D eigenvalue weighted by atomic mass is 10.1. The third-order valence-electron chi connectivity index (χ3n) is 4.06. The first-order valence-electron chi connectivity index (χ1n) is 9.40. The van der Waals surface area contributed by atoms with Crippen LogP contribution in [0.4, 0.5) is 24.5 Å². The summed E-state index contributed by atoms with van der Waals surface area (Å²) in [5, 5.41) is 4.06. The molecule has 0 saturated heterocycles. The van der Waals surface area contributed by atoms with Crippen molar-refractivity contribution < 1.29 is 37.0 Å². The fourth-order valence-corrected chi connectivity index (χ4v) is 2.51.